The van der Waals surface area contributed by atoms with Crippen LogP contribution in [0.5, 0.6) is 0 Å². The van der Waals surface area contributed by atoms with Gasteiger partial charge in [-0.2, -0.15) is 0 Å². The topological polar surface area (TPSA) is 85.1 Å². The Morgan fingerprint density at radius 3 is 2.93 bits per heavy atom. The van der Waals surface area contributed by atoms with Crippen LogP contribution < -0.4 is 5.43 Å². The van der Waals surface area contributed by atoms with E-state index in [0.717, 1.165) is 24.2 Å². The summed E-state index contributed by atoms with van der Waals surface area (Å²) >= 11 is 1.06. The van der Waals surface area contributed by atoms with Gasteiger partial charge in [-0.05, 0) is 12.8 Å². The lowest BCUT2D eigenvalue weighted by molar-refractivity contribution is -0.445. The average molecular weight is 213 g/mol. The van der Waals surface area contributed by atoms with Gasteiger partial charge in [-0.3, -0.25) is 4.79 Å². The summed E-state index contributed by atoms with van der Waals surface area (Å²) in [5.41, 5.74) is 2.65. The molecule has 1 N–H and O–H groups in total. The summed E-state index contributed by atoms with van der Waals surface area (Å²) in [6, 6.07) is 0. The van der Waals surface area contributed by atoms with Crippen LogP contribution in [0.4, 0.5) is 5.13 Å². The fraction of sp³-hybridized carbons (Fsp3) is 0.429. The van der Waals surface area contributed by atoms with Crippen LogP contribution in [0.2, 0.25) is 0 Å². The highest BCUT2D eigenvalue weighted by Crippen LogP contribution is 2.29. The molecule has 0 saturated heterocycles. The summed E-state index contributed by atoms with van der Waals surface area (Å²) in [6.07, 6.45) is 2.04. The van der Waals surface area contributed by atoms with Gasteiger partial charge in [-0.1, -0.05) is 16.8 Å². The number of anilines is 1. The second-order valence-electron chi connectivity index (χ2n) is 2.94. The molecule has 74 valence electrons. The molecule has 0 bridgehead atoms. The Bertz CT molecular complexity index is 401. The van der Waals surface area contributed by atoms with E-state index < -0.39 is 5.03 Å². The SMILES string of the molecule is O=C1CCCc2nc(N[N+](=O)[O-])sc21. The van der Waals surface area contributed by atoms with Crippen molar-refractivity contribution >= 4 is 22.3 Å². The molecular weight excluding hydrogens is 206 g/mol. The molecule has 0 aromatic carbocycles. The third kappa shape index (κ3) is 1.58. The molecule has 14 heavy (non-hydrogen) atoms. The lowest BCUT2D eigenvalue weighted by Crippen LogP contribution is -2.08. The van der Waals surface area contributed by atoms with Crippen molar-refractivity contribution in [1.29, 1.82) is 0 Å². The maximum atomic E-state index is 11.4. The second-order valence-corrected chi connectivity index (χ2v) is 3.94. The summed E-state index contributed by atoms with van der Waals surface area (Å²) in [5.74, 6) is 0.0418. The quantitative estimate of drug-likeness (QED) is 0.590. The molecule has 1 aromatic heterocycles. The van der Waals surface area contributed by atoms with Gasteiger partial charge >= 0.3 is 0 Å². The molecule has 2 rings (SSSR count). The Kier molecular flexibility index (Phi) is 2.16. The van der Waals surface area contributed by atoms with Gasteiger partial charge in [-0.15, -0.1) is 0 Å². The average Bonchev–Trinajstić information content (AvgIpc) is 2.47. The molecule has 0 radical (unpaired) electrons. The Balaban J connectivity index is 2.30. The van der Waals surface area contributed by atoms with Crippen LogP contribution in [0, 0.1) is 10.1 Å². The predicted molar refractivity (Wildman–Crippen MR) is 50.0 cm³/mol. The number of nitrogens with zero attached hydrogens (tertiary/aromatic N) is 2. The lowest BCUT2D eigenvalue weighted by Gasteiger charge is -2.05. The van der Waals surface area contributed by atoms with Crippen LogP contribution in [0.15, 0.2) is 0 Å². The smallest absolute Gasteiger partial charge is 0.247 e. The Morgan fingerprint density at radius 2 is 2.29 bits per heavy atom. The molecule has 0 unspecified atom stereocenters. The number of hydrogen-bond acceptors (Lipinski definition) is 5. The maximum Gasteiger partial charge on any atom is 0.247 e. The number of carbonyl (C=O) groups excluding carboxylic acids is 1. The summed E-state index contributed by atoms with van der Waals surface area (Å²) in [7, 11) is 0. The van der Waals surface area contributed by atoms with Crippen molar-refractivity contribution in [2.75, 3.05) is 5.43 Å². The molecule has 0 fully saturated rings. The third-order valence-electron chi connectivity index (χ3n) is 1.95. The Morgan fingerprint density at radius 1 is 1.50 bits per heavy atom. The van der Waals surface area contributed by atoms with Gasteiger partial charge in [0, 0.05) is 6.42 Å². The summed E-state index contributed by atoms with van der Waals surface area (Å²) in [4.78, 5) is 26.1. The number of aryl methyl sites for hydroxylation is 1. The molecule has 0 aliphatic heterocycles. The first-order valence-electron chi connectivity index (χ1n) is 4.11. The zero-order chi connectivity index (χ0) is 10.1. The van der Waals surface area contributed by atoms with Gasteiger partial charge in [0.05, 0.1) is 10.6 Å². The molecule has 0 saturated carbocycles. The van der Waals surface area contributed by atoms with E-state index in [-0.39, 0.29) is 10.9 Å². The molecule has 0 spiro atoms. The lowest BCUT2D eigenvalue weighted by atomic mass is 10.0. The number of ketones is 1. The van der Waals surface area contributed by atoms with E-state index in [2.05, 4.69) is 4.98 Å². The van der Waals surface area contributed by atoms with E-state index in [1.165, 1.54) is 0 Å². The van der Waals surface area contributed by atoms with Crippen molar-refractivity contribution in [3.63, 3.8) is 0 Å². The molecule has 6 nitrogen and oxygen atoms in total. The minimum atomic E-state index is -0.672. The van der Waals surface area contributed by atoms with Crippen LogP contribution in [0.25, 0.3) is 0 Å². The molecule has 1 aliphatic carbocycles. The largest absolute Gasteiger partial charge is 0.293 e. The standard InChI is InChI=1S/C7H7N3O3S/c11-5-3-1-2-4-6(5)14-7(8-4)9-10(12)13/h1-3H2,(H,8,9). The number of hydrogen-bond donors (Lipinski definition) is 1. The van der Waals surface area contributed by atoms with E-state index in [0.29, 0.717) is 17.0 Å². The molecule has 0 amide bonds. The monoisotopic (exact) mass is 213 g/mol. The minimum Gasteiger partial charge on any atom is -0.293 e. The number of fused-ring (bicyclic) bond motifs is 1. The van der Waals surface area contributed by atoms with Gasteiger partial charge < -0.3 is 0 Å². The predicted octanol–water partition coefficient (Wildman–Crippen LogP) is 1.27. The highest BCUT2D eigenvalue weighted by Gasteiger charge is 2.23. The number of thiazole rings is 1. The fourth-order valence-corrected chi connectivity index (χ4v) is 2.35. The number of aromatic nitrogens is 1. The summed E-state index contributed by atoms with van der Waals surface area (Å²) in [6.45, 7) is 0. The number of nitro groups is 1. The Hall–Kier alpha value is -1.50. The molecule has 1 aliphatic rings. The van der Waals surface area contributed by atoms with Gasteiger partial charge in [0.2, 0.25) is 5.13 Å². The van der Waals surface area contributed by atoms with Crippen molar-refractivity contribution < 1.29 is 9.83 Å². The van der Waals surface area contributed by atoms with Crippen molar-refractivity contribution in [3.05, 3.63) is 20.7 Å². The number of nitrogens with one attached hydrogen (secondary N) is 1. The first-order chi connectivity index (χ1) is 6.66. The first-order valence-corrected chi connectivity index (χ1v) is 4.92. The van der Waals surface area contributed by atoms with E-state index in [4.69, 9.17) is 0 Å². The van der Waals surface area contributed by atoms with Gasteiger partial charge in [0.15, 0.2) is 10.8 Å². The van der Waals surface area contributed by atoms with Crippen LogP contribution in [0.1, 0.15) is 28.2 Å². The number of carbonyl (C=O) groups is 1. The normalized spacial score (nSPS) is 15.0. The maximum absolute atomic E-state index is 11.4. The minimum absolute atomic E-state index is 0.0418. The number of hydrazine groups is 1. The van der Waals surface area contributed by atoms with E-state index in [1.54, 1.807) is 0 Å². The Labute approximate surface area is 83.1 Å². The van der Waals surface area contributed by atoms with Crippen LogP contribution in [0.3, 0.4) is 0 Å². The van der Waals surface area contributed by atoms with Gasteiger partial charge in [0.1, 0.15) is 0 Å². The molecular formula is C7H7N3O3S. The van der Waals surface area contributed by atoms with Crippen molar-refractivity contribution in [1.82, 2.24) is 4.98 Å². The van der Waals surface area contributed by atoms with E-state index >= 15 is 0 Å². The number of Topliss-reactive ketones (excluding diaryl/α,β-unsaturated/α-hetero) is 1. The molecule has 1 aromatic rings. The highest BCUT2D eigenvalue weighted by molar-refractivity contribution is 7.17. The zero-order valence-electron chi connectivity index (χ0n) is 7.15. The van der Waals surface area contributed by atoms with Gasteiger partial charge in [0.25, 0.3) is 0 Å². The summed E-state index contributed by atoms with van der Waals surface area (Å²) < 4.78 is 0. The molecule has 0 atom stereocenters. The fourth-order valence-electron chi connectivity index (χ4n) is 1.39. The first kappa shape index (κ1) is 9.07. The second kappa shape index (κ2) is 3.33. The molecule has 1 heterocycles. The van der Waals surface area contributed by atoms with Crippen molar-refractivity contribution in [2.45, 2.75) is 19.3 Å². The number of rotatable bonds is 2. The van der Waals surface area contributed by atoms with Crippen LogP contribution in [-0.4, -0.2) is 15.8 Å². The third-order valence-corrected chi connectivity index (χ3v) is 3.00. The van der Waals surface area contributed by atoms with Crippen LogP contribution >= 0.6 is 11.3 Å². The van der Waals surface area contributed by atoms with E-state index in [1.807, 2.05) is 5.43 Å². The molecule has 7 heteroatoms. The zero-order valence-corrected chi connectivity index (χ0v) is 7.97. The van der Waals surface area contributed by atoms with E-state index in [9.17, 15) is 14.9 Å². The van der Waals surface area contributed by atoms with Crippen molar-refractivity contribution in [3.8, 4) is 0 Å². The summed E-state index contributed by atoms with van der Waals surface area (Å²) in [5, 5.41) is 9.66. The van der Waals surface area contributed by atoms with Crippen LogP contribution in [-0.2, 0) is 6.42 Å². The highest BCUT2D eigenvalue weighted by atomic mass is 32.1. The van der Waals surface area contributed by atoms with Gasteiger partial charge in [-0.25, -0.2) is 15.1 Å². The van der Waals surface area contributed by atoms with Crippen molar-refractivity contribution in [2.24, 2.45) is 0 Å².